The van der Waals surface area contributed by atoms with Crippen LogP contribution in [0.2, 0.25) is 0 Å². The van der Waals surface area contributed by atoms with E-state index in [1.165, 1.54) is 5.56 Å². The molecule has 0 amide bonds. The normalized spacial score (nSPS) is 14.0. The lowest BCUT2D eigenvalue weighted by Crippen LogP contribution is -2.45. The Balaban J connectivity index is 2.63. The number of nitrogens with two attached hydrogens (primary N) is 1. The number of rotatable bonds is 7. The van der Waals surface area contributed by atoms with E-state index in [1.54, 1.807) is 0 Å². The zero-order valence-electron chi connectivity index (χ0n) is 14.1. The molecule has 3 N–H and O–H groups in total. The van der Waals surface area contributed by atoms with E-state index in [0.29, 0.717) is 12.5 Å². The molecule has 0 bridgehead atoms. The lowest BCUT2D eigenvalue weighted by molar-refractivity contribution is 0.354. The van der Waals surface area contributed by atoms with Crippen molar-refractivity contribution in [3.05, 3.63) is 35.9 Å². The molecule has 0 fully saturated rings. The molecule has 21 heavy (non-hydrogen) atoms. The molecule has 0 aliphatic heterocycles. The molecular formula is C17H30N4. The first-order chi connectivity index (χ1) is 9.89. The number of nitrogens with one attached hydrogen (secondary N) is 1. The van der Waals surface area contributed by atoms with E-state index < -0.39 is 0 Å². The second-order valence-corrected chi connectivity index (χ2v) is 6.01. The lowest BCUT2D eigenvalue weighted by Gasteiger charge is -2.30. The molecule has 4 heteroatoms. The summed E-state index contributed by atoms with van der Waals surface area (Å²) < 4.78 is 0. The summed E-state index contributed by atoms with van der Waals surface area (Å²) in [6.07, 6.45) is 0. The number of hydrogen-bond donors (Lipinski definition) is 2. The third-order valence-electron chi connectivity index (χ3n) is 3.63. The Labute approximate surface area is 129 Å². The van der Waals surface area contributed by atoms with Gasteiger partial charge in [-0.25, -0.2) is 0 Å². The van der Waals surface area contributed by atoms with Crippen LogP contribution in [0, 0.1) is 0 Å². The van der Waals surface area contributed by atoms with Crippen LogP contribution in [0.15, 0.2) is 35.3 Å². The maximum atomic E-state index is 6.04. The second kappa shape index (κ2) is 8.03. The minimum absolute atomic E-state index is 0.104. The van der Waals surface area contributed by atoms with Crippen molar-refractivity contribution in [1.82, 2.24) is 10.2 Å². The number of nitrogens with zero attached hydrogens (tertiary/aromatic N) is 2. The standard InChI is InChI=1S/C17H30N4/c1-6-21(7-2)16(18)19-13-17(4,5)20-14(3)15-11-9-8-10-12-15/h8-12,14,20H,6-7,13H2,1-5H3,(H2,18,19). The molecule has 1 unspecified atom stereocenters. The molecule has 1 aromatic rings. The van der Waals surface area contributed by atoms with Crippen molar-refractivity contribution in [3.8, 4) is 0 Å². The highest BCUT2D eigenvalue weighted by Crippen LogP contribution is 2.16. The van der Waals surface area contributed by atoms with Gasteiger partial charge in [0.05, 0.1) is 6.54 Å². The van der Waals surface area contributed by atoms with E-state index in [0.717, 1.165) is 13.1 Å². The van der Waals surface area contributed by atoms with Crippen LogP contribution in [0.1, 0.15) is 46.2 Å². The number of guanidine groups is 1. The van der Waals surface area contributed by atoms with Gasteiger partial charge in [-0.1, -0.05) is 30.3 Å². The van der Waals surface area contributed by atoms with E-state index in [2.05, 4.69) is 74.1 Å². The van der Waals surface area contributed by atoms with Crippen molar-refractivity contribution in [2.75, 3.05) is 19.6 Å². The van der Waals surface area contributed by atoms with Crippen LogP contribution < -0.4 is 11.1 Å². The first-order valence-corrected chi connectivity index (χ1v) is 7.77. The molecule has 1 aromatic carbocycles. The zero-order chi connectivity index (χ0) is 15.9. The van der Waals surface area contributed by atoms with Crippen LogP contribution in [0.25, 0.3) is 0 Å². The van der Waals surface area contributed by atoms with Gasteiger partial charge < -0.3 is 16.0 Å². The third-order valence-corrected chi connectivity index (χ3v) is 3.63. The Hall–Kier alpha value is -1.55. The molecule has 0 aliphatic rings. The van der Waals surface area contributed by atoms with Crippen molar-refractivity contribution in [2.45, 2.75) is 46.2 Å². The predicted molar refractivity (Wildman–Crippen MR) is 91.5 cm³/mol. The van der Waals surface area contributed by atoms with Crippen molar-refractivity contribution in [3.63, 3.8) is 0 Å². The summed E-state index contributed by atoms with van der Waals surface area (Å²) in [5.41, 5.74) is 7.22. The molecule has 0 heterocycles. The highest BCUT2D eigenvalue weighted by molar-refractivity contribution is 5.78. The SMILES string of the molecule is CCN(CC)C(N)=NCC(C)(C)NC(C)c1ccccc1. The summed E-state index contributed by atoms with van der Waals surface area (Å²) >= 11 is 0. The van der Waals surface area contributed by atoms with Gasteiger partial charge in [0.15, 0.2) is 5.96 Å². The van der Waals surface area contributed by atoms with E-state index in [1.807, 2.05) is 6.07 Å². The molecule has 0 spiro atoms. The molecule has 4 nitrogen and oxygen atoms in total. The van der Waals surface area contributed by atoms with Gasteiger partial charge in [0, 0.05) is 24.7 Å². The molecule has 118 valence electrons. The van der Waals surface area contributed by atoms with Crippen LogP contribution in [-0.4, -0.2) is 36.0 Å². The van der Waals surface area contributed by atoms with Gasteiger partial charge in [0.1, 0.15) is 0 Å². The van der Waals surface area contributed by atoms with Gasteiger partial charge in [-0.2, -0.15) is 0 Å². The average molecular weight is 290 g/mol. The second-order valence-electron chi connectivity index (χ2n) is 6.01. The number of benzene rings is 1. The molecule has 1 rings (SSSR count). The fourth-order valence-electron chi connectivity index (χ4n) is 2.38. The smallest absolute Gasteiger partial charge is 0.191 e. The Kier molecular flexibility index (Phi) is 6.69. The topological polar surface area (TPSA) is 53.6 Å². The van der Waals surface area contributed by atoms with Gasteiger partial charge in [-0.3, -0.25) is 4.99 Å². The molecule has 1 atom stereocenters. The van der Waals surface area contributed by atoms with Crippen molar-refractivity contribution in [1.29, 1.82) is 0 Å². The highest BCUT2D eigenvalue weighted by atomic mass is 15.2. The fourth-order valence-corrected chi connectivity index (χ4v) is 2.38. The van der Waals surface area contributed by atoms with Crippen LogP contribution >= 0.6 is 0 Å². The van der Waals surface area contributed by atoms with Gasteiger partial charge in [0.25, 0.3) is 0 Å². The monoisotopic (exact) mass is 290 g/mol. The Morgan fingerprint density at radius 3 is 2.33 bits per heavy atom. The summed E-state index contributed by atoms with van der Waals surface area (Å²) in [7, 11) is 0. The summed E-state index contributed by atoms with van der Waals surface area (Å²) in [5, 5.41) is 3.62. The predicted octanol–water partition coefficient (Wildman–Crippen LogP) is 2.77. The third kappa shape index (κ3) is 5.76. The summed E-state index contributed by atoms with van der Waals surface area (Å²) in [5.74, 6) is 0.627. The van der Waals surface area contributed by atoms with Gasteiger partial charge >= 0.3 is 0 Å². The zero-order valence-corrected chi connectivity index (χ0v) is 14.1. The van der Waals surface area contributed by atoms with Crippen molar-refractivity contribution < 1.29 is 0 Å². The van der Waals surface area contributed by atoms with Gasteiger partial charge in [-0.15, -0.1) is 0 Å². The Bertz CT molecular complexity index is 435. The van der Waals surface area contributed by atoms with Gasteiger partial charge in [-0.05, 0) is 40.2 Å². The van der Waals surface area contributed by atoms with Crippen LogP contribution in [0.3, 0.4) is 0 Å². The van der Waals surface area contributed by atoms with E-state index in [4.69, 9.17) is 5.73 Å². The summed E-state index contributed by atoms with van der Waals surface area (Å²) in [6.45, 7) is 13.1. The van der Waals surface area contributed by atoms with Crippen LogP contribution in [-0.2, 0) is 0 Å². The minimum Gasteiger partial charge on any atom is -0.370 e. The highest BCUT2D eigenvalue weighted by Gasteiger charge is 2.20. The van der Waals surface area contributed by atoms with Crippen molar-refractivity contribution >= 4 is 5.96 Å². The average Bonchev–Trinajstić information content (AvgIpc) is 2.47. The summed E-state index contributed by atoms with van der Waals surface area (Å²) in [6, 6.07) is 10.7. The maximum absolute atomic E-state index is 6.04. The lowest BCUT2D eigenvalue weighted by atomic mass is 10.0. The molecular weight excluding hydrogens is 260 g/mol. The number of aliphatic imine (C=N–C) groups is 1. The Morgan fingerprint density at radius 1 is 1.24 bits per heavy atom. The minimum atomic E-state index is -0.104. The molecule has 0 saturated carbocycles. The fraction of sp³-hybridized carbons (Fsp3) is 0.588. The van der Waals surface area contributed by atoms with E-state index in [-0.39, 0.29) is 11.6 Å². The van der Waals surface area contributed by atoms with Crippen LogP contribution in [0.5, 0.6) is 0 Å². The summed E-state index contributed by atoms with van der Waals surface area (Å²) in [4.78, 5) is 6.61. The van der Waals surface area contributed by atoms with E-state index >= 15 is 0 Å². The molecule has 0 aliphatic carbocycles. The van der Waals surface area contributed by atoms with E-state index in [9.17, 15) is 0 Å². The van der Waals surface area contributed by atoms with Crippen molar-refractivity contribution in [2.24, 2.45) is 10.7 Å². The quantitative estimate of drug-likeness (QED) is 0.600. The number of hydrogen-bond acceptors (Lipinski definition) is 2. The first kappa shape index (κ1) is 17.5. The van der Waals surface area contributed by atoms with Gasteiger partial charge in [0.2, 0.25) is 0 Å². The largest absolute Gasteiger partial charge is 0.370 e. The first-order valence-electron chi connectivity index (χ1n) is 7.77. The van der Waals surface area contributed by atoms with Crippen LogP contribution in [0.4, 0.5) is 0 Å². The Morgan fingerprint density at radius 2 is 1.81 bits per heavy atom. The molecule has 0 saturated heterocycles. The molecule has 0 radical (unpaired) electrons. The molecule has 0 aromatic heterocycles. The maximum Gasteiger partial charge on any atom is 0.191 e.